The Labute approximate surface area is 160 Å². The number of sulfonamides is 1. The Kier molecular flexibility index (Phi) is 5.94. The highest BCUT2D eigenvalue weighted by Gasteiger charge is 2.22. The zero-order valence-electron chi connectivity index (χ0n) is 15.4. The van der Waals surface area contributed by atoms with Crippen LogP contribution in [0.5, 0.6) is 5.75 Å². The van der Waals surface area contributed by atoms with Gasteiger partial charge in [0.05, 0.1) is 18.0 Å². The lowest BCUT2D eigenvalue weighted by molar-refractivity contribution is 0.414. The first kappa shape index (κ1) is 19.1. The first-order chi connectivity index (χ1) is 13.0. The Balaban J connectivity index is 1.91. The van der Waals surface area contributed by atoms with Gasteiger partial charge in [0, 0.05) is 0 Å². The monoisotopic (exact) mass is 381 g/mol. The van der Waals surface area contributed by atoms with Gasteiger partial charge in [-0.3, -0.25) is 0 Å². The first-order valence-corrected chi connectivity index (χ1v) is 10.2. The quantitative estimate of drug-likeness (QED) is 0.665. The van der Waals surface area contributed by atoms with E-state index >= 15 is 0 Å². The van der Waals surface area contributed by atoms with Crippen LogP contribution in [-0.4, -0.2) is 15.5 Å². The minimum atomic E-state index is -3.64. The Bertz CT molecular complexity index is 966. The topological polar surface area (TPSA) is 55.4 Å². The zero-order valence-corrected chi connectivity index (χ0v) is 16.2. The molecule has 3 rings (SSSR count). The van der Waals surface area contributed by atoms with E-state index in [4.69, 9.17) is 4.74 Å². The Morgan fingerprint density at radius 3 is 2.11 bits per heavy atom. The Morgan fingerprint density at radius 1 is 0.889 bits per heavy atom. The summed E-state index contributed by atoms with van der Waals surface area (Å²) < 4.78 is 33.9. The van der Waals surface area contributed by atoms with E-state index in [1.54, 1.807) is 31.4 Å². The second kappa shape index (κ2) is 8.37. The van der Waals surface area contributed by atoms with Crippen molar-refractivity contribution in [2.45, 2.75) is 24.3 Å². The van der Waals surface area contributed by atoms with Crippen molar-refractivity contribution in [3.63, 3.8) is 0 Å². The smallest absolute Gasteiger partial charge is 0.241 e. The van der Waals surface area contributed by atoms with Crippen LogP contribution in [0.1, 0.15) is 22.7 Å². The second-order valence-electron chi connectivity index (χ2n) is 6.45. The molecule has 0 saturated heterocycles. The maximum Gasteiger partial charge on any atom is 0.241 e. The van der Waals surface area contributed by atoms with E-state index in [-0.39, 0.29) is 10.9 Å². The zero-order chi connectivity index (χ0) is 19.3. The lowest BCUT2D eigenvalue weighted by atomic mass is 10.00. The predicted molar refractivity (Wildman–Crippen MR) is 107 cm³/mol. The van der Waals surface area contributed by atoms with E-state index in [1.807, 2.05) is 61.5 Å². The van der Waals surface area contributed by atoms with Gasteiger partial charge in [0.2, 0.25) is 10.0 Å². The summed E-state index contributed by atoms with van der Waals surface area (Å²) in [6.07, 6.45) is 0.554. The molecule has 0 heterocycles. The van der Waals surface area contributed by atoms with Crippen LogP contribution >= 0.6 is 0 Å². The molecule has 1 N–H and O–H groups in total. The predicted octanol–water partition coefficient (Wildman–Crippen LogP) is 4.27. The standard InChI is InChI=1S/C22H23NO3S/c1-17-8-14-21(15-9-17)27(24,25)23-22(16-18-6-4-3-5-7-18)19-10-12-20(26-2)13-11-19/h3-15,22-23H,16H2,1-2H3. The number of hydrogen-bond donors (Lipinski definition) is 1. The van der Waals surface area contributed by atoms with Gasteiger partial charge in [0.15, 0.2) is 0 Å². The van der Waals surface area contributed by atoms with E-state index < -0.39 is 10.0 Å². The number of hydrogen-bond acceptors (Lipinski definition) is 3. The average molecular weight is 381 g/mol. The summed E-state index contributed by atoms with van der Waals surface area (Å²) >= 11 is 0. The largest absolute Gasteiger partial charge is 0.497 e. The number of benzene rings is 3. The fourth-order valence-corrected chi connectivity index (χ4v) is 4.11. The molecule has 0 spiro atoms. The third-order valence-corrected chi connectivity index (χ3v) is 5.92. The van der Waals surface area contributed by atoms with Crippen molar-refractivity contribution >= 4 is 10.0 Å². The molecular formula is C22H23NO3S. The number of nitrogens with one attached hydrogen (secondary N) is 1. The van der Waals surface area contributed by atoms with Crippen LogP contribution in [0, 0.1) is 6.92 Å². The lowest BCUT2D eigenvalue weighted by Crippen LogP contribution is -2.30. The van der Waals surface area contributed by atoms with Crippen LogP contribution in [0.2, 0.25) is 0 Å². The number of ether oxygens (including phenoxy) is 1. The third-order valence-electron chi connectivity index (χ3n) is 4.43. The van der Waals surface area contributed by atoms with Crippen molar-refractivity contribution in [1.82, 2.24) is 4.72 Å². The lowest BCUT2D eigenvalue weighted by Gasteiger charge is -2.20. The van der Waals surface area contributed by atoms with E-state index in [2.05, 4.69) is 4.72 Å². The highest BCUT2D eigenvalue weighted by Crippen LogP contribution is 2.24. The van der Waals surface area contributed by atoms with E-state index in [1.165, 1.54) is 0 Å². The summed E-state index contributed by atoms with van der Waals surface area (Å²) in [6, 6.07) is 23.8. The first-order valence-electron chi connectivity index (χ1n) is 8.75. The number of aryl methyl sites for hydroxylation is 1. The van der Waals surface area contributed by atoms with Crippen LogP contribution < -0.4 is 9.46 Å². The molecule has 0 aromatic heterocycles. The number of methoxy groups -OCH3 is 1. The molecule has 0 aliphatic heterocycles. The molecular weight excluding hydrogens is 358 g/mol. The molecule has 3 aromatic carbocycles. The Morgan fingerprint density at radius 2 is 1.52 bits per heavy atom. The normalized spacial score (nSPS) is 12.5. The number of rotatable bonds is 7. The van der Waals surface area contributed by atoms with Gasteiger partial charge in [-0.15, -0.1) is 0 Å². The van der Waals surface area contributed by atoms with Crippen LogP contribution in [0.15, 0.2) is 83.8 Å². The van der Waals surface area contributed by atoms with Crippen molar-refractivity contribution in [2.24, 2.45) is 0 Å². The van der Waals surface area contributed by atoms with Crippen LogP contribution in [0.4, 0.5) is 0 Å². The second-order valence-corrected chi connectivity index (χ2v) is 8.16. The average Bonchev–Trinajstić information content (AvgIpc) is 2.68. The van der Waals surface area contributed by atoms with E-state index in [9.17, 15) is 8.42 Å². The maximum absolute atomic E-state index is 12.9. The summed E-state index contributed by atoms with van der Waals surface area (Å²) in [4.78, 5) is 0.264. The van der Waals surface area contributed by atoms with E-state index in [0.717, 1.165) is 22.4 Å². The highest BCUT2D eigenvalue weighted by molar-refractivity contribution is 7.89. The SMILES string of the molecule is COc1ccc(C(Cc2ccccc2)NS(=O)(=O)c2ccc(C)cc2)cc1. The fraction of sp³-hybridized carbons (Fsp3) is 0.182. The van der Waals surface area contributed by atoms with Crippen LogP contribution in [0.3, 0.4) is 0 Å². The summed E-state index contributed by atoms with van der Waals surface area (Å²) in [5, 5.41) is 0. The van der Waals surface area contributed by atoms with Crippen molar-refractivity contribution in [3.8, 4) is 5.75 Å². The molecule has 3 aromatic rings. The van der Waals surface area contributed by atoms with Crippen molar-refractivity contribution in [2.75, 3.05) is 7.11 Å². The molecule has 0 aliphatic carbocycles. The summed E-state index contributed by atoms with van der Waals surface area (Å²) in [6.45, 7) is 1.93. The summed E-state index contributed by atoms with van der Waals surface area (Å²) in [5.74, 6) is 0.735. The van der Waals surface area contributed by atoms with Crippen LogP contribution in [0.25, 0.3) is 0 Å². The minimum Gasteiger partial charge on any atom is -0.497 e. The van der Waals surface area contributed by atoms with Crippen molar-refractivity contribution < 1.29 is 13.2 Å². The molecule has 0 radical (unpaired) electrons. The summed E-state index contributed by atoms with van der Waals surface area (Å²) in [7, 11) is -2.03. The molecule has 1 unspecified atom stereocenters. The van der Waals surface area contributed by atoms with Gasteiger partial charge in [-0.2, -0.15) is 0 Å². The summed E-state index contributed by atoms with van der Waals surface area (Å²) in [5.41, 5.74) is 2.96. The molecule has 5 heteroatoms. The van der Waals surface area contributed by atoms with Gasteiger partial charge in [-0.25, -0.2) is 13.1 Å². The highest BCUT2D eigenvalue weighted by atomic mass is 32.2. The van der Waals surface area contributed by atoms with Gasteiger partial charge in [-0.1, -0.05) is 60.2 Å². The molecule has 27 heavy (non-hydrogen) atoms. The van der Waals surface area contributed by atoms with Gasteiger partial charge >= 0.3 is 0 Å². The minimum absolute atomic E-state index is 0.264. The molecule has 4 nitrogen and oxygen atoms in total. The van der Waals surface area contributed by atoms with Gasteiger partial charge in [0.25, 0.3) is 0 Å². The molecule has 0 aliphatic rings. The molecule has 140 valence electrons. The fourth-order valence-electron chi connectivity index (χ4n) is 2.89. The molecule has 0 fully saturated rings. The maximum atomic E-state index is 12.9. The third kappa shape index (κ3) is 4.96. The molecule has 0 saturated carbocycles. The Hall–Kier alpha value is -2.63. The van der Waals surface area contributed by atoms with Gasteiger partial charge < -0.3 is 4.74 Å². The van der Waals surface area contributed by atoms with Crippen molar-refractivity contribution in [1.29, 1.82) is 0 Å². The van der Waals surface area contributed by atoms with Gasteiger partial charge in [-0.05, 0) is 48.7 Å². The molecule has 0 amide bonds. The van der Waals surface area contributed by atoms with Crippen molar-refractivity contribution in [3.05, 3.63) is 95.6 Å². The van der Waals surface area contributed by atoms with Gasteiger partial charge in [0.1, 0.15) is 5.75 Å². The molecule has 1 atom stereocenters. The van der Waals surface area contributed by atoms with E-state index in [0.29, 0.717) is 6.42 Å². The molecule has 0 bridgehead atoms. The van der Waals surface area contributed by atoms with Crippen LogP contribution in [-0.2, 0) is 16.4 Å².